The Hall–Kier alpha value is -1.98. The summed E-state index contributed by atoms with van der Waals surface area (Å²) >= 11 is 0. The van der Waals surface area contributed by atoms with Crippen LogP contribution in [0.2, 0.25) is 0 Å². The number of nitrogens with one attached hydrogen (secondary N) is 2. The number of hydrogen-bond donors (Lipinski definition) is 3. The maximum atomic E-state index is 11.4. The van der Waals surface area contributed by atoms with Gasteiger partial charge in [-0.25, -0.2) is 4.79 Å². The van der Waals surface area contributed by atoms with Crippen LogP contribution in [0.4, 0.5) is 4.79 Å². The molecule has 0 heterocycles. The van der Waals surface area contributed by atoms with Gasteiger partial charge in [-0.1, -0.05) is 0 Å². The lowest BCUT2D eigenvalue weighted by molar-refractivity contribution is -0.119. The van der Waals surface area contributed by atoms with Crippen LogP contribution in [0.25, 0.3) is 0 Å². The summed E-state index contributed by atoms with van der Waals surface area (Å²) in [6.07, 6.45) is 0.912. The molecule has 0 bridgehead atoms. The number of rotatable bonds is 1. The van der Waals surface area contributed by atoms with Crippen molar-refractivity contribution in [2.45, 2.75) is 6.92 Å². The number of Topliss-reactive ketones (excluding diaryl/α,β-unsaturated/α-hetero) is 1. The summed E-state index contributed by atoms with van der Waals surface area (Å²) < 4.78 is 0. The molecule has 1 aliphatic rings. The Kier molecular flexibility index (Phi) is 2.46. The maximum Gasteiger partial charge on any atom is 0.316 e. The maximum absolute atomic E-state index is 11.4. The first-order valence-electron chi connectivity index (χ1n) is 3.88. The number of primary amides is 1. The first-order chi connectivity index (χ1) is 6.43. The van der Waals surface area contributed by atoms with Crippen molar-refractivity contribution >= 4 is 23.3 Å². The topological polar surface area (TPSA) is 113 Å². The molecule has 0 saturated carbocycles. The molecule has 0 saturated heterocycles. The number of urea groups is 1. The van der Waals surface area contributed by atoms with Gasteiger partial charge >= 0.3 is 6.03 Å². The van der Waals surface area contributed by atoms with Crippen LogP contribution in [0.5, 0.6) is 0 Å². The third kappa shape index (κ3) is 1.68. The van der Waals surface area contributed by atoms with Crippen molar-refractivity contribution in [3.8, 4) is 0 Å². The monoisotopic (exact) mass is 195 g/mol. The first-order valence-corrected chi connectivity index (χ1v) is 3.88. The Balaban J connectivity index is 3.01. The highest BCUT2D eigenvalue weighted by Gasteiger charge is 2.31. The number of carbonyl (C=O) groups is 3. The summed E-state index contributed by atoms with van der Waals surface area (Å²) in [6.45, 7) is 1.43. The quantitative estimate of drug-likeness (QED) is 0.516. The van der Waals surface area contributed by atoms with Gasteiger partial charge in [0.25, 0.3) is 0 Å². The fourth-order valence-corrected chi connectivity index (χ4v) is 1.09. The number of ketones is 2. The fourth-order valence-electron chi connectivity index (χ4n) is 1.09. The molecule has 1 atom stereocenters. The minimum absolute atomic E-state index is 0.147. The van der Waals surface area contributed by atoms with Gasteiger partial charge in [-0.2, -0.15) is 0 Å². The summed E-state index contributed by atoms with van der Waals surface area (Å²) in [4.78, 5) is 32.9. The van der Waals surface area contributed by atoms with Gasteiger partial charge in [-0.15, -0.1) is 0 Å². The molecule has 0 aliphatic heterocycles. The molecule has 1 unspecified atom stereocenters. The van der Waals surface area contributed by atoms with Gasteiger partial charge in [0.1, 0.15) is 0 Å². The number of amides is 2. The molecular weight excluding hydrogens is 186 g/mol. The van der Waals surface area contributed by atoms with Gasteiger partial charge in [0.05, 0.1) is 17.3 Å². The molecule has 1 aliphatic carbocycles. The molecule has 0 aromatic heterocycles. The predicted octanol–water partition coefficient (Wildman–Crippen LogP) is -0.654. The summed E-state index contributed by atoms with van der Waals surface area (Å²) in [6, 6.07) is -0.905. The summed E-state index contributed by atoms with van der Waals surface area (Å²) in [5.74, 6) is -1.89. The van der Waals surface area contributed by atoms with Crippen LogP contribution in [-0.4, -0.2) is 23.3 Å². The van der Waals surface area contributed by atoms with Crippen molar-refractivity contribution in [2.24, 2.45) is 11.7 Å². The number of allylic oxidation sites excluding steroid dienone is 2. The van der Waals surface area contributed by atoms with Gasteiger partial charge in [-0.05, 0) is 6.92 Å². The fraction of sp³-hybridized carbons (Fsp3) is 0.250. The van der Waals surface area contributed by atoms with E-state index in [-0.39, 0.29) is 11.4 Å². The van der Waals surface area contributed by atoms with Crippen LogP contribution in [-0.2, 0) is 9.59 Å². The van der Waals surface area contributed by atoms with Gasteiger partial charge in [0.15, 0.2) is 5.78 Å². The van der Waals surface area contributed by atoms with E-state index in [1.54, 1.807) is 0 Å². The van der Waals surface area contributed by atoms with E-state index in [0.717, 1.165) is 6.08 Å². The van der Waals surface area contributed by atoms with Crippen LogP contribution in [0.15, 0.2) is 11.8 Å². The zero-order valence-electron chi connectivity index (χ0n) is 7.46. The largest absolute Gasteiger partial charge is 0.351 e. The molecule has 74 valence electrons. The minimum atomic E-state index is -0.905. The van der Waals surface area contributed by atoms with Crippen molar-refractivity contribution in [1.82, 2.24) is 5.32 Å². The highest BCUT2D eigenvalue weighted by Crippen LogP contribution is 2.13. The van der Waals surface area contributed by atoms with Crippen molar-refractivity contribution < 1.29 is 14.4 Å². The Morgan fingerprint density at radius 1 is 1.57 bits per heavy atom. The minimum Gasteiger partial charge on any atom is -0.351 e. The number of nitrogens with two attached hydrogens (primary N) is 1. The van der Waals surface area contributed by atoms with Crippen molar-refractivity contribution in [3.05, 3.63) is 11.8 Å². The zero-order valence-corrected chi connectivity index (χ0v) is 7.46. The van der Waals surface area contributed by atoms with E-state index in [2.05, 4.69) is 0 Å². The zero-order chi connectivity index (χ0) is 10.9. The van der Waals surface area contributed by atoms with Gasteiger partial charge in [0, 0.05) is 6.08 Å². The molecule has 14 heavy (non-hydrogen) atoms. The molecule has 2 amide bonds. The van der Waals surface area contributed by atoms with Crippen LogP contribution in [0.3, 0.4) is 0 Å². The van der Waals surface area contributed by atoms with Gasteiger partial charge < -0.3 is 16.5 Å². The molecule has 4 N–H and O–H groups in total. The lowest BCUT2D eigenvalue weighted by Crippen LogP contribution is -2.41. The lowest BCUT2D eigenvalue weighted by Gasteiger charge is -2.17. The summed E-state index contributed by atoms with van der Waals surface area (Å²) in [7, 11) is 0. The van der Waals surface area contributed by atoms with Crippen molar-refractivity contribution in [1.29, 1.82) is 5.41 Å². The van der Waals surface area contributed by atoms with Crippen LogP contribution in [0.1, 0.15) is 6.92 Å². The molecule has 0 radical (unpaired) electrons. The standard InChI is InChI=1S/C8H9N3O3/c1-3-6(9)5(12)2-4(7(3)13)11-8(10)14/h2-3,9H,1H3,(H3,10,11,14). The third-order valence-corrected chi connectivity index (χ3v) is 1.89. The first kappa shape index (κ1) is 10.1. The molecule has 0 aromatic carbocycles. The molecule has 6 heteroatoms. The smallest absolute Gasteiger partial charge is 0.316 e. The molecule has 0 fully saturated rings. The lowest BCUT2D eigenvalue weighted by atomic mass is 9.89. The van der Waals surface area contributed by atoms with E-state index in [9.17, 15) is 14.4 Å². The molecule has 0 spiro atoms. The van der Waals surface area contributed by atoms with E-state index in [0.29, 0.717) is 0 Å². The van der Waals surface area contributed by atoms with Crippen LogP contribution >= 0.6 is 0 Å². The second kappa shape index (κ2) is 3.41. The van der Waals surface area contributed by atoms with E-state index >= 15 is 0 Å². The molecule has 0 aromatic rings. The highest BCUT2D eigenvalue weighted by atomic mass is 16.2. The summed E-state index contributed by atoms with van der Waals surface area (Å²) in [5, 5.41) is 9.29. The number of hydrogen-bond acceptors (Lipinski definition) is 4. The number of carbonyl (C=O) groups excluding carboxylic acids is 3. The summed E-state index contributed by atoms with van der Waals surface area (Å²) in [5.41, 5.74) is 4.38. The second-order valence-corrected chi connectivity index (χ2v) is 2.91. The van der Waals surface area contributed by atoms with Gasteiger partial charge in [0.2, 0.25) is 5.78 Å². The Morgan fingerprint density at radius 2 is 2.14 bits per heavy atom. The van der Waals surface area contributed by atoms with E-state index in [1.165, 1.54) is 6.92 Å². The Morgan fingerprint density at radius 3 is 2.64 bits per heavy atom. The van der Waals surface area contributed by atoms with Crippen LogP contribution < -0.4 is 11.1 Å². The Labute approximate surface area is 79.7 Å². The second-order valence-electron chi connectivity index (χ2n) is 2.91. The van der Waals surface area contributed by atoms with Crippen LogP contribution in [0, 0.1) is 11.3 Å². The molecule has 1 rings (SSSR count). The van der Waals surface area contributed by atoms with Crippen molar-refractivity contribution in [3.63, 3.8) is 0 Å². The normalized spacial score (nSPS) is 21.9. The average Bonchev–Trinajstić information content (AvgIpc) is 2.10. The van der Waals surface area contributed by atoms with E-state index in [4.69, 9.17) is 11.1 Å². The SMILES string of the molecule is CC1C(=N)C(=O)C=C(NC(N)=O)C1=O. The third-order valence-electron chi connectivity index (χ3n) is 1.89. The van der Waals surface area contributed by atoms with E-state index in [1.807, 2.05) is 5.32 Å². The van der Waals surface area contributed by atoms with E-state index < -0.39 is 23.5 Å². The molecule has 6 nitrogen and oxygen atoms in total. The van der Waals surface area contributed by atoms with Crippen molar-refractivity contribution in [2.75, 3.05) is 0 Å². The highest BCUT2D eigenvalue weighted by molar-refractivity contribution is 6.50. The molecular formula is C8H9N3O3. The average molecular weight is 195 g/mol. The predicted molar refractivity (Wildman–Crippen MR) is 47.7 cm³/mol. The van der Waals surface area contributed by atoms with Gasteiger partial charge in [-0.3, -0.25) is 9.59 Å². The Bertz CT molecular complexity index is 370.